The van der Waals surface area contributed by atoms with E-state index in [4.69, 9.17) is 5.73 Å². The fourth-order valence-corrected chi connectivity index (χ4v) is 3.73. The number of sulfonamides is 1. The lowest BCUT2D eigenvalue weighted by Gasteiger charge is -2.19. The number of carbonyl (C=O) groups excluding carboxylic acids is 1. The standard InChI is InChI=1S/C14H21N3O3S/c1-9(2)5-11(8-15)17-21(19,20)12-3-4-13-10(6-12)7-14(18)16-13/h3-4,6,9,11,17H,5,7-8,15H2,1-2H3,(H,16,18). The highest BCUT2D eigenvalue weighted by Crippen LogP contribution is 2.25. The zero-order chi connectivity index (χ0) is 15.6. The minimum absolute atomic E-state index is 0.118. The maximum atomic E-state index is 12.4. The lowest BCUT2D eigenvalue weighted by atomic mass is 10.1. The predicted molar refractivity (Wildman–Crippen MR) is 81.4 cm³/mol. The van der Waals surface area contributed by atoms with Crippen molar-refractivity contribution in [2.45, 2.75) is 37.6 Å². The Hall–Kier alpha value is -1.44. The molecule has 0 aromatic heterocycles. The zero-order valence-corrected chi connectivity index (χ0v) is 13.0. The number of hydrogen-bond donors (Lipinski definition) is 3. The summed E-state index contributed by atoms with van der Waals surface area (Å²) < 4.78 is 27.4. The van der Waals surface area contributed by atoms with Crippen molar-refractivity contribution >= 4 is 21.6 Å². The van der Waals surface area contributed by atoms with Crippen LogP contribution in [0.25, 0.3) is 0 Å². The number of nitrogens with two attached hydrogens (primary N) is 1. The van der Waals surface area contributed by atoms with Gasteiger partial charge in [-0.2, -0.15) is 0 Å². The Bertz CT molecular complexity index is 641. The van der Waals surface area contributed by atoms with E-state index in [-0.39, 0.29) is 29.8 Å². The molecule has 1 atom stereocenters. The Morgan fingerprint density at radius 2 is 2.10 bits per heavy atom. The minimum Gasteiger partial charge on any atom is -0.329 e. The van der Waals surface area contributed by atoms with E-state index in [2.05, 4.69) is 10.0 Å². The van der Waals surface area contributed by atoms with Crippen molar-refractivity contribution < 1.29 is 13.2 Å². The van der Waals surface area contributed by atoms with E-state index in [1.807, 2.05) is 13.8 Å². The second kappa shape index (κ2) is 6.13. The molecule has 0 saturated carbocycles. The molecule has 1 amide bonds. The molecule has 7 heteroatoms. The summed E-state index contributed by atoms with van der Waals surface area (Å²) >= 11 is 0. The van der Waals surface area contributed by atoms with E-state index < -0.39 is 10.0 Å². The summed E-state index contributed by atoms with van der Waals surface area (Å²) in [6.07, 6.45) is 0.895. The first-order chi connectivity index (χ1) is 9.81. The molecule has 1 heterocycles. The van der Waals surface area contributed by atoms with Gasteiger partial charge in [0.25, 0.3) is 0 Å². The fourth-order valence-electron chi connectivity index (χ4n) is 2.42. The molecule has 0 spiro atoms. The molecule has 0 radical (unpaired) electrons. The second-order valence-corrected chi connectivity index (χ2v) is 7.44. The number of hydrogen-bond acceptors (Lipinski definition) is 4. The van der Waals surface area contributed by atoms with Crippen LogP contribution in [0.2, 0.25) is 0 Å². The van der Waals surface area contributed by atoms with Crippen molar-refractivity contribution in [3.05, 3.63) is 23.8 Å². The molecule has 0 fully saturated rings. The SMILES string of the molecule is CC(C)CC(CN)NS(=O)(=O)c1ccc2c(c1)CC(=O)N2. The van der Waals surface area contributed by atoms with Crippen molar-refractivity contribution in [2.24, 2.45) is 11.7 Å². The van der Waals surface area contributed by atoms with Crippen LogP contribution in [0.3, 0.4) is 0 Å². The number of benzene rings is 1. The Balaban J connectivity index is 2.20. The molecule has 21 heavy (non-hydrogen) atoms. The van der Waals surface area contributed by atoms with Gasteiger partial charge in [-0.15, -0.1) is 0 Å². The highest BCUT2D eigenvalue weighted by atomic mass is 32.2. The van der Waals surface area contributed by atoms with Gasteiger partial charge in [0.2, 0.25) is 15.9 Å². The molecule has 116 valence electrons. The van der Waals surface area contributed by atoms with Gasteiger partial charge in [0.1, 0.15) is 0 Å². The highest BCUT2D eigenvalue weighted by Gasteiger charge is 2.24. The van der Waals surface area contributed by atoms with Crippen LogP contribution in [-0.4, -0.2) is 26.9 Å². The predicted octanol–water partition coefficient (Wildman–Crippen LogP) is 0.833. The highest BCUT2D eigenvalue weighted by molar-refractivity contribution is 7.89. The van der Waals surface area contributed by atoms with Crippen LogP contribution in [0, 0.1) is 5.92 Å². The van der Waals surface area contributed by atoms with Crippen LogP contribution in [0.4, 0.5) is 5.69 Å². The van der Waals surface area contributed by atoms with Crippen LogP contribution >= 0.6 is 0 Å². The van der Waals surface area contributed by atoms with Gasteiger partial charge < -0.3 is 11.1 Å². The quantitative estimate of drug-likeness (QED) is 0.724. The van der Waals surface area contributed by atoms with Gasteiger partial charge in [0, 0.05) is 18.3 Å². The van der Waals surface area contributed by atoms with Gasteiger partial charge in [-0.25, -0.2) is 13.1 Å². The molecular weight excluding hydrogens is 290 g/mol. The maximum absolute atomic E-state index is 12.4. The third-order valence-electron chi connectivity index (χ3n) is 3.37. The second-order valence-electron chi connectivity index (χ2n) is 5.73. The first-order valence-electron chi connectivity index (χ1n) is 6.97. The normalized spacial score (nSPS) is 15.9. The Labute approximate surface area is 125 Å². The van der Waals surface area contributed by atoms with Gasteiger partial charge in [-0.05, 0) is 36.1 Å². The number of fused-ring (bicyclic) bond motifs is 1. The van der Waals surface area contributed by atoms with Crippen LogP contribution < -0.4 is 15.8 Å². The molecule has 1 aromatic rings. The number of nitrogens with one attached hydrogen (secondary N) is 2. The average molecular weight is 311 g/mol. The van der Waals surface area contributed by atoms with Gasteiger partial charge in [0.15, 0.2) is 0 Å². The monoisotopic (exact) mass is 311 g/mol. The molecule has 1 aliphatic rings. The van der Waals surface area contributed by atoms with Gasteiger partial charge >= 0.3 is 0 Å². The topological polar surface area (TPSA) is 101 Å². The van der Waals surface area contributed by atoms with E-state index in [1.165, 1.54) is 6.07 Å². The van der Waals surface area contributed by atoms with Gasteiger partial charge in [0.05, 0.1) is 11.3 Å². The van der Waals surface area contributed by atoms with Gasteiger partial charge in [-0.1, -0.05) is 13.8 Å². The van der Waals surface area contributed by atoms with Crippen molar-refractivity contribution in [2.75, 3.05) is 11.9 Å². The first kappa shape index (κ1) is 15.9. The molecule has 0 bridgehead atoms. The van der Waals surface area contributed by atoms with Crippen molar-refractivity contribution in [1.82, 2.24) is 4.72 Å². The largest absolute Gasteiger partial charge is 0.329 e. The zero-order valence-electron chi connectivity index (χ0n) is 12.2. The molecule has 4 N–H and O–H groups in total. The molecule has 2 rings (SSSR count). The fraction of sp³-hybridized carbons (Fsp3) is 0.500. The molecular formula is C14H21N3O3S. The smallest absolute Gasteiger partial charge is 0.240 e. The summed E-state index contributed by atoms with van der Waals surface area (Å²) in [5.74, 6) is 0.232. The molecule has 6 nitrogen and oxygen atoms in total. The third-order valence-corrected chi connectivity index (χ3v) is 4.89. The van der Waals surface area contributed by atoms with E-state index in [1.54, 1.807) is 12.1 Å². The van der Waals surface area contributed by atoms with Gasteiger partial charge in [-0.3, -0.25) is 4.79 Å². The van der Waals surface area contributed by atoms with E-state index in [0.29, 0.717) is 23.6 Å². The van der Waals surface area contributed by atoms with Crippen LogP contribution in [0.15, 0.2) is 23.1 Å². The lowest BCUT2D eigenvalue weighted by Crippen LogP contribution is -2.40. The molecule has 0 aliphatic carbocycles. The summed E-state index contributed by atoms with van der Waals surface area (Å²) in [6, 6.07) is 4.37. The van der Waals surface area contributed by atoms with E-state index >= 15 is 0 Å². The molecule has 1 aliphatic heterocycles. The molecule has 1 aromatic carbocycles. The average Bonchev–Trinajstić information content (AvgIpc) is 2.76. The molecule has 0 saturated heterocycles. The minimum atomic E-state index is -3.63. The van der Waals surface area contributed by atoms with Crippen LogP contribution in [0.5, 0.6) is 0 Å². The first-order valence-corrected chi connectivity index (χ1v) is 8.45. The summed E-state index contributed by atoms with van der Waals surface area (Å²) in [4.78, 5) is 11.5. The number of carbonyl (C=O) groups is 1. The van der Waals surface area contributed by atoms with Crippen molar-refractivity contribution in [1.29, 1.82) is 0 Å². The number of amides is 1. The summed E-state index contributed by atoms with van der Waals surface area (Å²) in [7, 11) is -3.63. The summed E-state index contributed by atoms with van der Waals surface area (Å²) in [6.45, 7) is 4.29. The number of rotatable bonds is 6. The lowest BCUT2D eigenvalue weighted by molar-refractivity contribution is -0.115. The number of anilines is 1. The summed E-state index contributed by atoms with van der Waals surface area (Å²) in [5.41, 5.74) is 7.02. The van der Waals surface area contributed by atoms with Crippen molar-refractivity contribution in [3.8, 4) is 0 Å². The Kier molecular flexibility index (Phi) is 4.65. The van der Waals surface area contributed by atoms with Crippen LogP contribution in [-0.2, 0) is 21.2 Å². The van der Waals surface area contributed by atoms with E-state index in [0.717, 1.165) is 0 Å². The van der Waals surface area contributed by atoms with Crippen LogP contribution in [0.1, 0.15) is 25.8 Å². The Morgan fingerprint density at radius 3 is 2.71 bits per heavy atom. The van der Waals surface area contributed by atoms with E-state index in [9.17, 15) is 13.2 Å². The maximum Gasteiger partial charge on any atom is 0.240 e. The molecule has 1 unspecified atom stereocenters. The third kappa shape index (κ3) is 3.81. The Morgan fingerprint density at radius 1 is 1.38 bits per heavy atom. The van der Waals surface area contributed by atoms with Crippen molar-refractivity contribution in [3.63, 3.8) is 0 Å². The summed E-state index contributed by atoms with van der Waals surface area (Å²) in [5, 5.41) is 2.68.